The van der Waals surface area contributed by atoms with Crippen LogP contribution in [0.25, 0.3) is 0 Å². The number of para-hydroxylation sites is 2. The summed E-state index contributed by atoms with van der Waals surface area (Å²) in [6.07, 6.45) is 4.52. The molecule has 1 amide bonds. The molecule has 1 aromatic heterocycles. The topological polar surface area (TPSA) is 62.6 Å². The van der Waals surface area contributed by atoms with Crippen LogP contribution in [0.5, 0.6) is 0 Å². The van der Waals surface area contributed by atoms with Gasteiger partial charge in [0.25, 0.3) is 0 Å². The van der Waals surface area contributed by atoms with Crippen LogP contribution in [-0.2, 0) is 9.59 Å². The van der Waals surface area contributed by atoms with E-state index in [2.05, 4.69) is 11.4 Å². The molecule has 1 aliphatic heterocycles. The lowest BCUT2D eigenvalue weighted by Gasteiger charge is -2.35. The summed E-state index contributed by atoms with van der Waals surface area (Å²) in [4.78, 5) is 27.7. The molecule has 0 fully saturated rings. The van der Waals surface area contributed by atoms with E-state index in [1.54, 1.807) is 17.2 Å². The molecule has 26 heavy (non-hydrogen) atoms. The maximum absolute atomic E-state index is 13.0. The number of hydrogen-bond acceptors (Lipinski definition) is 4. The van der Waals surface area contributed by atoms with E-state index in [9.17, 15) is 9.59 Å². The van der Waals surface area contributed by atoms with Gasteiger partial charge in [-0.2, -0.15) is 0 Å². The highest BCUT2D eigenvalue weighted by Crippen LogP contribution is 2.46. The number of amides is 1. The van der Waals surface area contributed by atoms with Gasteiger partial charge in [0.05, 0.1) is 23.6 Å². The second-order valence-corrected chi connectivity index (χ2v) is 6.97. The molecule has 0 spiro atoms. The van der Waals surface area contributed by atoms with Crippen LogP contribution in [0, 0.1) is 11.8 Å². The highest BCUT2D eigenvalue weighted by molar-refractivity contribution is 6.00. The summed E-state index contributed by atoms with van der Waals surface area (Å²) >= 11 is 0. The Kier molecular flexibility index (Phi) is 4.15. The van der Waals surface area contributed by atoms with Gasteiger partial charge in [0.2, 0.25) is 5.91 Å². The number of furan rings is 1. The van der Waals surface area contributed by atoms with Gasteiger partial charge in [-0.05, 0) is 30.2 Å². The first-order valence-electron chi connectivity index (χ1n) is 9.06. The number of ketones is 1. The van der Waals surface area contributed by atoms with E-state index < -0.39 is 12.0 Å². The predicted octanol–water partition coefficient (Wildman–Crippen LogP) is 4.30. The first-order chi connectivity index (χ1) is 12.6. The molecule has 2 heterocycles. The minimum atomic E-state index is -0.486. The lowest BCUT2D eigenvalue weighted by Crippen LogP contribution is -2.42. The smallest absolute Gasteiger partial charge is 0.227 e. The highest BCUT2D eigenvalue weighted by Gasteiger charge is 2.45. The summed E-state index contributed by atoms with van der Waals surface area (Å²) in [5.74, 6) is 0.433. The number of rotatable bonds is 2. The van der Waals surface area contributed by atoms with Crippen LogP contribution in [-0.4, -0.2) is 11.7 Å². The lowest BCUT2D eigenvalue weighted by molar-refractivity contribution is -0.124. The molecule has 5 nitrogen and oxygen atoms in total. The number of carbonyl (C=O) groups is 2. The zero-order valence-electron chi connectivity index (χ0n) is 14.9. The molecule has 0 radical (unpaired) electrons. The first kappa shape index (κ1) is 16.6. The standard InChI is InChI=1S/C21H22N2O3/c1-3-19(25)23-16-8-5-4-7-14(16)22-15-11-13(2)12-17(24)20(15)21(23)18-9-6-10-26-18/h4-11,13,20-22H,3,12H2,1-2H3/t13-,20-,21+/m0/s1. The maximum Gasteiger partial charge on any atom is 0.227 e. The van der Waals surface area contributed by atoms with Crippen molar-refractivity contribution in [3.63, 3.8) is 0 Å². The van der Waals surface area contributed by atoms with Crippen molar-refractivity contribution in [2.45, 2.75) is 32.7 Å². The fourth-order valence-corrected chi connectivity index (χ4v) is 4.01. The minimum Gasteiger partial charge on any atom is -0.467 e. The summed E-state index contributed by atoms with van der Waals surface area (Å²) in [6, 6.07) is 10.8. The molecule has 1 N–H and O–H groups in total. The van der Waals surface area contributed by atoms with Crippen molar-refractivity contribution in [2.24, 2.45) is 11.8 Å². The summed E-state index contributed by atoms with van der Waals surface area (Å²) in [7, 11) is 0. The normalized spacial score (nSPS) is 24.8. The van der Waals surface area contributed by atoms with E-state index in [0.29, 0.717) is 18.6 Å². The third-order valence-corrected chi connectivity index (χ3v) is 5.11. The van der Waals surface area contributed by atoms with Crippen molar-refractivity contribution in [1.29, 1.82) is 0 Å². The summed E-state index contributed by atoms with van der Waals surface area (Å²) in [5.41, 5.74) is 2.46. The minimum absolute atomic E-state index is 0.0340. The monoisotopic (exact) mass is 350 g/mol. The van der Waals surface area contributed by atoms with Crippen LogP contribution >= 0.6 is 0 Å². The number of Topliss-reactive ketones (excluding diaryl/α,β-unsaturated/α-hetero) is 1. The van der Waals surface area contributed by atoms with Crippen molar-refractivity contribution in [3.05, 3.63) is 60.2 Å². The third kappa shape index (κ3) is 2.64. The van der Waals surface area contributed by atoms with Gasteiger partial charge >= 0.3 is 0 Å². The number of nitrogens with one attached hydrogen (secondary N) is 1. The molecule has 0 saturated heterocycles. The Morgan fingerprint density at radius 2 is 2.08 bits per heavy atom. The zero-order valence-corrected chi connectivity index (χ0v) is 14.9. The first-order valence-corrected chi connectivity index (χ1v) is 9.06. The van der Waals surface area contributed by atoms with Crippen LogP contribution in [0.1, 0.15) is 38.5 Å². The van der Waals surface area contributed by atoms with Crippen molar-refractivity contribution in [1.82, 2.24) is 0 Å². The van der Waals surface area contributed by atoms with Crippen molar-refractivity contribution >= 4 is 23.1 Å². The number of benzene rings is 1. The average molecular weight is 350 g/mol. The van der Waals surface area contributed by atoms with Gasteiger partial charge in [0.1, 0.15) is 17.6 Å². The molecule has 0 bridgehead atoms. The molecule has 134 valence electrons. The summed E-state index contributed by atoms with van der Waals surface area (Å²) in [5, 5.41) is 3.43. The molecular formula is C21H22N2O3. The van der Waals surface area contributed by atoms with Gasteiger partial charge in [-0.15, -0.1) is 0 Å². The highest BCUT2D eigenvalue weighted by atomic mass is 16.3. The number of allylic oxidation sites excluding steroid dienone is 1. The molecule has 0 unspecified atom stereocenters. The SMILES string of the molecule is CCC(=O)N1c2ccccc2NC2=C[C@H](C)CC(=O)[C@H]2[C@H]1c1ccco1. The Balaban J connectivity index is 1.97. The van der Waals surface area contributed by atoms with E-state index >= 15 is 0 Å². The number of nitrogens with zero attached hydrogens (tertiary/aromatic N) is 1. The van der Waals surface area contributed by atoms with E-state index in [1.165, 1.54) is 0 Å². The molecule has 5 heteroatoms. The van der Waals surface area contributed by atoms with E-state index in [-0.39, 0.29) is 17.6 Å². The lowest BCUT2D eigenvalue weighted by atomic mass is 9.80. The van der Waals surface area contributed by atoms with Crippen LogP contribution in [0.3, 0.4) is 0 Å². The van der Waals surface area contributed by atoms with E-state index in [0.717, 1.165) is 17.1 Å². The van der Waals surface area contributed by atoms with E-state index in [4.69, 9.17) is 4.42 Å². The fraction of sp³-hybridized carbons (Fsp3) is 0.333. The van der Waals surface area contributed by atoms with Gasteiger partial charge in [-0.25, -0.2) is 0 Å². The quantitative estimate of drug-likeness (QED) is 0.877. The predicted molar refractivity (Wildman–Crippen MR) is 99.7 cm³/mol. The molecule has 3 atom stereocenters. The Bertz CT molecular complexity index is 869. The van der Waals surface area contributed by atoms with Crippen molar-refractivity contribution in [2.75, 3.05) is 10.2 Å². The maximum atomic E-state index is 13.0. The second kappa shape index (κ2) is 6.48. The van der Waals surface area contributed by atoms with Gasteiger partial charge in [-0.3, -0.25) is 14.5 Å². The van der Waals surface area contributed by atoms with Crippen LogP contribution in [0.2, 0.25) is 0 Å². The van der Waals surface area contributed by atoms with Crippen molar-refractivity contribution < 1.29 is 14.0 Å². The number of anilines is 2. The number of hydrogen-bond donors (Lipinski definition) is 1. The second-order valence-electron chi connectivity index (χ2n) is 6.97. The van der Waals surface area contributed by atoms with Crippen LogP contribution in [0.4, 0.5) is 11.4 Å². The van der Waals surface area contributed by atoms with Crippen LogP contribution < -0.4 is 10.2 Å². The van der Waals surface area contributed by atoms with Gasteiger partial charge < -0.3 is 9.73 Å². The molecular weight excluding hydrogens is 328 g/mol. The van der Waals surface area contributed by atoms with E-state index in [1.807, 2.05) is 44.2 Å². The average Bonchev–Trinajstić information content (AvgIpc) is 3.10. The Morgan fingerprint density at radius 1 is 1.27 bits per heavy atom. The van der Waals surface area contributed by atoms with Crippen molar-refractivity contribution in [3.8, 4) is 0 Å². The molecule has 1 aliphatic carbocycles. The van der Waals surface area contributed by atoms with Gasteiger partial charge in [0.15, 0.2) is 0 Å². The third-order valence-electron chi connectivity index (χ3n) is 5.11. The summed E-state index contributed by atoms with van der Waals surface area (Å²) in [6.45, 7) is 3.88. The molecule has 1 aromatic carbocycles. The molecule has 4 rings (SSSR count). The summed E-state index contributed by atoms with van der Waals surface area (Å²) < 4.78 is 5.69. The van der Waals surface area contributed by atoms with Gasteiger partial charge in [0, 0.05) is 18.5 Å². The fourth-order valence-electron chi connectivity index (χ4n) is 4.01. The largest absolute Gasteiger partial charge is 0.467 e. The zero-order chi connectivity index (χ0) is 18.3. The number of carbonyl (C=O) groups excluding carboxylic acids is 2. The molecule has 0 saturated carbocycles. The van der Waals surface area contributed by atoms with Crippen LogP contribution in [0.15, 0.2) is 58.9 Å². The Hall–Kier alpha value is -2.82. The Labute approximate surface area is 152 Å². The number of fused-ring (bicyclic) bond motifs is 2. The molecule has 2 aliphatic rings. The van der Waals surface area contributed by atoms with Gasteiger partial charge in [-0.1, -0.05) is 32.1 Å². The molecule has 2 aromatic rings. The Morgan fingerprint density at radius 3 is 2.81 bits per heavy atom.